The first kappa shape index (κ1) is 45.3. The third-order valence-corrected chi connectivity index (χ3v) is 15.6. The highest BCUT2D eigenvalue weighted by Gasteiger charge is 2.54. The summed E-state index contributed by atoms with van der Waals surface area (Å²) in [6, 6.07) is 71.7. The molecule has 0 N–H and O–H groups in total. The van der Waals surface area contributed by atoms with Gasteiger partial charge < -0.3 is 4.42 Å². The second-order valence-corrected chi connectivity index (χ2v) is 22.4. The highest BCUT2D eigenvalue weighted by molar-refractivity contribution is 6.21. The van der Waals surface area contributed by atoms with Crippen LogP contribution >= 0.6 is 0 Å². The third-order valence-electron chi connectivity index (χ3n) is 15.6. The number of nitrogens with zero attached hydrogens (tertiary/aromatic N) is 4. The summed E-state index contributed by atoms with van der Waals surface area (Å²) >= 11 is 0. The number of aromatic nitrogens is 2. The molecule has 360 valence electrons. The van der Waals surface area contributed by atoms with Crippen LogP contribution in [0.2, 0.25) is 0 Å². The Bertz CT molecular complexity index is 3920. The molecule has 2 aliphatic carbocycles. The summed E-state index contributed by atoms with van der Waals surface area (Å²) in [6.07, 6.45) is 3.95. The maximum Gasteiger partial charge on any atom is 0.145 e. The minimum absolute atomic E-state index is 0.0112. The van der Waals surface area contributed by atoms with Crippen LogP contribution in [0.4, 0.5) is 34.4 Å². The van der Waals surface area contributed by atoms with E-state index in [9.17, 15) is 0 Å². The summed E-state index contributed by atoms with van der Waals surface area (Å²) in [5.41, 5.74) is 21.5. The molecule has 0 amide bonds. The normalized spacial score (nSPS) is 13.2. The molecule has 11 aromatic rings. The first-order valence-corrected chi connectivity index (χ1v) is 25.9. The predicted molar refractivity (Wildman–Crippen MR) is 307 cm³/mol. The van der Waals surface area contributed by atoms with E-state index in [4.69, 9.17) is 14.4 Å². The Morgan fingerprint density at radius 3 is 1.51 bits per heavy atom. The Morgan fingerprint density at radius 2 is 0.946 bits per heavy atom. The van der Waals surface area contributed by atoms with E-state index in [1.165, 1.54) is 44.5 Å². The SMILES string of the molecule is Cc1ccc(N(c2ccc(C(C)(C)C)cc2)c2cc(-c3ccccc3)c3c(c2)C2(c4ccccc4-c4ccccc42)c2cc(N(c4ccc(C(C)(C)C)cc4)c4ccc(C)cn4)c4c(oc5ccccc54)c2-3)nc1. The Kier molecular flexibility index (Phi) is 10.3. The van der Waals surface area contributed by atoms with Crippen LogP contribution in [-0.2, 0) is 16.2 Å². The van der Waals surface area contributed by atoms with Gasteiger partial charge in [0.1, 0.15) is 22.8 Å². The number of fused-ring (bicyclic) bond motifs is 14. The first-order valence-electron chi connectivity index (χ1n) is 25.9. The highest BCUT2D eigenvalue weighted by Crippen LogP contribution is 2.67. The molecule has 5 heteroatoms. The lowest BCUT2D eigenvalue weighted by atomic mass is 9.70. The molecule has 0 unspecified atom stereocenters. The number of furan rings is 1. The zero-order valence-electron chi connectivity index (χ0n) is 43.3. The van der Waals surface area contributed by atoms with Crippen LogP contribution in [-0.4, -0.2) is 9.97 Å². The van der Waals surface area contributed by atoms with Crippen molar-refractivity contribution in [3.05, 3.63) is 251 Å². The summed E-state index contributed by atoms with van der Waals surface area (Å²) in [4.78, 5) is 15.1. The Hall–Kier alpha value is -8.54. The lowest BCUT2D eigenvalue weighted by Gasteiger charge is -2.33. The molecule has 0 atom stereocenters. The number of pyridine rings is 2. The van der Waals surface area contributed by atoms with Crippen molar-refractivity contribution in [3.8, 4) is 33.4 Å². The van der Waals surface area contributed by atoms with E-state index in [2.05, 4.69) is 259 Å². The van der Waals surface area contributed by atoms with Crippen molar-refractivity contribution in [1.82, 2.24) is 9.97 Å². The van der Waals surface area contributed by atoms with Gasteiger partial charge in [0.2, 0.25) is 0 Å². The van der Waals surface area contributed by atoms with Gasteiger partial charge in [0.05, 0.1) is 16.5 Å². The molecule has 8 aromatic carbocycles. The van der Waals surface area contributed by atoms with E-state index < -0.39 is 5.41 Å². The Labute approximate surface area is 434 Å². The van der Waals surface area contributed by atoms with E-state index in [0.29, 0.717) is 0 Å². The molecule has 0 bridgehead atoms. The quantitative estimate of drug-likeness (QED) is 0.159. The van der Waals surface area contributed by atoms with Gasteiger partial charge in [0, 0.05) is 40.4 Å². The molecule has 0 saturated heterocycles. The number of hydrogen-bond acceptors (Lipinski definition) is 5. The smallest absolute Gasteiger partial charge is 0.145 e. The first-order chi connectivity index (χ1) is 35.8. The molecular formula is C69H58N4O. The van der Waals surface area contributed by atoms with E-state index in [1.54, 1.807) is 0 Å². The van der Waals surface area contributed by atoms with Gasteiger partial charge in [-0.1, -0.05) is 175 Å². The predicted octanol–water partition coefficient (Wildman–Crippen LogP) is 18.5. The average Bonchev–Trinajstić information content (AvgIpc) is 4.07. The fraction of sp³-hybridized carbons (Fsp3) is 0.159. The Morgan fingerprint density at radius 1 is 0.432 bits per heavy atom. The van der Waals surface area contributed by atoms with Crippen LogP contribution in [0.5, 0.6) is 0 Å². The van der Waals surface area contributed by atoms with E-state index in [-0.39, 0.29) is 10.8 Å². The molecule has 2 aliphatic rings. The summed E-state index contributed by atoms with van der Waals surface area (Å²) < 4.78 is 7.47. The lowest BCUT2D eigenvalue weighted by Crippen LogP contribution is -2.27. The van der Waals surface area contributed by atoms with Crippen molar-refractivity contribution < 1.29 is 4.42 Å². The zero-order chi connectivity index (χ0) is 50.7. The van der Waals surface area contributed by atoms with Gasteiger partial charge in [-0.05, 0) is 158 Å². The molecule has 0 aliphatic heterocycles. The second-order valence-electron chi connectivity index (χ2n) is 22.4. The number of hydrogen-bond donors (Lipinski definition) is 0. The number of anilines is 6. The lowest BCUT2D eigenvalue weighted by molar-refractivity contribution is 0.590. The molecule has 13 rings (SSSR count). The van der Waals surface area contributed by atoms with Gasteiger partial charge in [-0.3, -0.25) is 9.80 Å². The topological polar surface area (TPSA) is 45.4 Å². The maximum atomic E-state index is 7.47. The van der Waals surface area contributed by atoms with Gasteiger partial charge in [-0.15, -0.1) is 0 Å². The van der Waals surface area contributed by atoms with Crippen LogP contribution in [0.25, 0.3) is 55.3 Å². The van der Waals surface area contributed by atoms with E-state index in [1.807, 2.05) is 12.4 Å². The monoisotopic (exact) mass is 958 g/mol. The van der Waals surface area contributed by atoms with Gasteiger partial charge in [0.25, 0.3) is 0 Å². The standard InChI is InChI=1S/C69H58N4O/c1-43-26-36-61(70-41-43)72(48-32-28-46(29-33-48)67(3,4)5)50-38-54(45-18-10-9-11-19-45)63-57(39-50)69(55-23-15-12-20-51(55)52-21-13-16-24-56(52)69)58-40-59(64-53-22-14-17-25-60(53)74-66(64)65(58)63)73(62-37-27-44(2)42-71-62)49-34-30-47(31-35-49)68(6,7)8/h9-42H,1-8H3. The summed E-state index contributed by atoms with van der Waals surface area (Å²) in [5, 5.41) is 2.09. The van der Waals surface area contributed by atoms with Gasteiger partial charge >= 0.3 is 0 Å². The van der Waals surface area contributed by atoms with Crippen molar-refractivity contribution in [2.24, 2.45) is 0 Å². The molecule has 0 radical (unpaired) electrons. The maximum absolute atomic E-state index is 7.47. The minimum atomic E-state index is -0.787. The second kappa shape index (κ2) is 16.8. The molecule has 0 saturated carbocycles. The molecule has 1 spiro atoms. The summed E-state index contributed by atoms with van der Waals surface area (Å²) in [6.45, 7) is 17.8. The van der Waals surface area contributed by atoms with Crippen molar-refractivity contribution >= 4 is 56.3 Å². The largest absolute Gasteiger partial charge is 0.455 e. The van der Waals surface area contributed by atoms with Crippen molar-refractivity contribution in [2.45, 2.75) is 71.6 Å². The Balaban J connectivity index is 1.20. The van der Waals surface area contributed by atoms with Gasteiger partial charge in [-0.25, -0.2) is 9.97 Å². The number of benzene rings is 8. The van der Waals surface area contributed by atoms with E-state index >= 15 is 0 Å². The molecule has 0 fully saturated rings. The molecule has 3 aromatic heterocycles. The van der Waals surface area contributed by atoms with Crippen LogP contribution < -0.4 is 9.80 Å². The highest BCUT2D eigenvalue weighted by atomic mass is 16.3. The van der Waals surface area contributed by atoms with E-state index in [0.717, 1.165) is 89.7 Å². The fourth-order valence-electron chi connectivity index (χ4n) is 11.9. The van der Waals surface area contributed by atoms with Crippen LogP contribution in [0, 0.1) is 13.8 Å². The van der Waals surface area contributed by atoms with Crippen molar-refractivity contribution in [2.75, 3.05) is 9.80 Å². The third kappa shape index (κ3) is 6.97. The number of aryl methyl sites for hydroxylation is 2. The molecule has 3 heterocycles. The summed E-state index contributed by atoms with van der Waals surface area (Å²) in [5.74, 6) is 1.67. The molecule has 74 heavy (non-hydrogen) atoms. The molecular weight excluding hydrogens is 901 g/mol. The van der Waals surface area contributed by atoms with Crippen molar-refractivity contribution in [3.63, 3.8) is 0 Å². The fourth-order valence-corrected chi connectivity index (χ4v) is 11.9. The number of rotatable bonds is 7. The molecule has 5 nitrogen and oxygen atoms in total. The minimum Gasteiger partial charge on any atom is -0.455 e. The zero-order valence-corrected chi connectivity index (χ0v) is 43.3. The summed E-state index contributed by atoms with van der Waals surface area (Å²) in [7, 11) is 0. The van der Waals surface area contributed by atoms with Crippen molar-refractivity contribution in [1.29, 1.82) is 0 Å². The van der Waals surface area contributed by atoms with Crippen LogP contribution in [0.1, 0.15) is 86.1 Å². The average molecular weight is 959 g/mol. The van der Waals surface area contributed by atoms with Crippen LogP contribution in [0.15, 0.2) is 211 Å². The van der Waals surface area contributed by atoms with Gasteiger partial charge in [0.15, 0.2) is 0 Å². The van der Waals surface area contributed by atoms with Gasteiger partial charge in [-0.2, -0.15) is 0 Å². The number of para-hydroxylation sites is 1. The van der Waals surface area contributed by atoms with Crippen LogP contribution in [0.3, 0.4) is 0 Å².